The van der Waals surface area contributed by atoms with Crippen molar-refractivity contribution in [1.29, 1.82) is 0 Å². The molecule has 1 aromatic heterocycles. The zero-order valence-corrected chi connectivity index (χ0v) is 11.2. The van der Waals surface area contributed by atoms with E-state index in [0.29, 0.717) is 30.0 Å². The maximum Gasteiger partial charge on any atom is 0.339 e. The number of aryl methyl sites for hydroxylation is 2. The van der Waals surface area contributed by atoms with Crippen molar-refractivity contribution in [3.8, 4) is 0 Å². The number of aromatic carboxylic acids is 1. The lowest BCUT2D eigenvalue weighted by Gasteiger charge is -2.08. The van der Waals surface area contributed by atoms with Crippen LogP contribution in [0.15, 0.2) is 0 Å². The van der Waals surface area contributed by atoms with Gasteiger partial charge in [0.15, 0.2) is 0 Å². The molecule has 0 aliphatic carbocycles. The van der Waals surface area contributed by atoms with E-state index in [1.165, 1.54) is 0 Å². The summed E-state index contributed by atoms with van der Waals surface area (Å²) in [5.41, 5.74) is 1.98. The van der Waals surface area contributed by atoms with Crippen LogP contribution in [0, 0.1) is 5.92 Å². The summed E-state index contributed by atoms with van der Waals surface area (Å²) in [6, 6.07) is 0. The van der Waals surface area contributed by atoms with Gasteiger partial charge in [0, 0.05) is 6.54 Å². The molecule has 1 rings (SSSR count). The summed E-state index contributed by atoms with van der Waals surface area (Å²) in [4.78, 5) is 11.3. The van der Waals surface area contributed by atoms with Crippen molar-refractivity contribution in [3.05, 3.63) is 17.0 Å². The van der Waals surface area contributed by atoms with Crippen molar-refractivity contribution in [2.45, 2.75) is 53.5 Å². The zero-order valence-electron chi connectivity index (χ0n) is 11.2. The monoisotopic (exact) mass is 238 g/mol. The third kappa shape index (κ3) is 3.08. The number of carbonyl (C=O) groups is 1. The molecule has 0 bridgehead atoms. The first-order valence-corrected chi connectivity index (χ1v) is 6.33. The van der Waals surface area contributed by atoms with Gasteiger partial charge in [-0.1, -0.05) is 27.7 Å². The first-order valence-electron chi connectivity index (χ1n) is 6.33. The van der Waals surface area contributed by atoms with Gasteiger partial charge >= 0.3 is 5.97 Å². The van der Waals surface area contributed by atoms with Crippen molar-refractivity contribution >= 4 is 5.97 Å². The minimum absolute atomic E-state index is 0.416. The van der Waals surface area contributed by atoms with Crippen molar-refractivity contribution in [3.63, 3.8) is 0 Å². The summed E-state index contributed by atoms with van der Waals surface area (Å²) < 4.78 is 1.88. The Labute approximate surface area is 103 Å². The van der Waals surface area contributed by atoms with Crippen molar-refractivity contribution in [2.24, 2.45) is 5.92 Å². The Balaban J connectivity index is 3.09. The molecule has 0 radical (unpaired) electrons. The fourth-order valence-corrected chi connectivity index (χ4v) is 1.97. The first-order chi connectivity index (χ1) is 8.01. The Kier molecular flexibility index (Phi) is 4.73. The molecule has 0 unspecified atom stereocenters. The molecule has 1 N–H and O–H groups in total. The van der Waals surface area contributed by atoms with Crippen LogP contribution in [0.5, 0.6) is 0 Å². The van der Waals surface area contributed by atoms with Crippen molar-refractivity contribution in [1.82, 2.24) is 9.78 Å². The molecule has 4 heteroatoms. The molecule has 17 heavy (non-hydrogen) atoms. The van der Waals surface area contributed by atoms with Crippen molar-refractivity contribution in [2.75, 3.05) is 0 Å². The highest BCUT2D eigenvalue weighted by Crippen LogP contribution is 2.17. The predicted octanol–water partition coefficient (Wildman–Crippen LogP) is 2.75. The number of carboxylic acids is 1. The van der Waals surface area contributed by atoms with Crippen LogP contribution in [-0.2, 0) is 19.4 Å². The van der Waals surface area contributed by atoms with Gasteiger partial charge in [0.25, 0.3) is 0 Å². The Morgan fingerprint density at radius 3 is 2.41 bits per heavy atom. The largest absolute Gasteiger partial charge is 0.478 e. The molecular formula is C13H22N2O2. The molecule has 0 saturated carbocycles. The Hall–Kier alpha value is -1.32. The van der Waals surface area contributed by atoms with Crippen LogP contribution < -0.4 is 0 Å². The van der Waals surface area contributed by atoms with Gasteiger partial charge in [0.05, 0.1) is 11.4 Å². The summed E-state index contributed by atoms with van der Waals surface area (Å²) in [6.45, 7) is 9.05. The normalized spacial score (nSPS) is 11.1. The standard InChI is InChI=1S/C13H22N2O2/c1-5-10-12(13(16)17)11(6-2)15(14-10)8-7-9(3)4/h9H,5-8H2,1-4H3,(H,16,17). The zero-order chi connectivity index (χ0) is 13.0. The van der Waals surface area contributed by atoms with Gasteiger partial charge in [0.2, 0.25) is 0 Å². The number of aromatic nitrogens is 2. The first kappa shape index (κ1) is 13.7. The average Bonchev–Trinajstić information content (AvgIpc) is 2.63. The van der Waals surface area contributed by atoms with Crippen LogP contribution in [0.4, 0.5) is 0 Å². The SMILES string of the molecule is CCc1nn(CCC(C)C)c(CC)c1C(=O)O. The van der Waals surface area contributed by atoms with Crippen molar-refractivity contribution < 1.29 is 9.90 Å². The van der Waals surface area contributed by atoms with Gasteiger partial charge in [-0.3, -0.25) is 4.68 Å². The maximum absolute atomic E-state index is 11.3. The molecule has 4 nitrogen and oxygen atoms in total. The van der Waals surface area contributed by atoms with Crippen LogP contribution in [0.25, 0.3) is 0 Å². The van der Waals surface area contributed by atoms with Crippen LogP contribution in [-0.4, -0.2) is 20.9 Å². The summed E-state index contributed by atoms with van der Waals surface area (Å²) in [5.74, 6) is -0.253. The second-order valence-electron chi connectivity index (χ2n) is 4.69. The summed E-state index contributed by atoms with van der Waals surface area (Å²) in [6.07, 6.45) is 2.41. The fraction of sp³-hybridized carbons (Fsp3) is 0.692. The van der Waals surface area contributed by atoms with Gasteiger partial charge < -0.3 is 5.11 Å². The van der Waals surface area contributed by atoms with E-state index in [2.05, 4.69) is 18.9 Å². The Bertz CT molecular complexity index is 394. The number of carboxylic acid groups (broad SMARTS) is 1. The second-order valence-corrected chi connectivity index (χ2v) is 4.69. The lowest BCUT2D eigenvalue weighted by Crippen LogP contribution is -2.09. The van der Waals surface area contributed by atoms with Gasteiger partial charge in [-0.2, -0.15) is 5.10 Å². The summed E-state index contributed by atoms with van der Waals surface area (Å²) in [5, 5.41) is 13.7. The molecule has 0 fully saturated rings. The molecule has 0 amide bonds. The molecule has 0 aliphatic rings. The van der Waals surface area contributed by atoms with E-state index in [-0.39, 0.29) is 0 Å². The molecule has 96 valence electrons. The van der Waals surface area contributed by atoms with Gasteiger partial charge in [0.1, 0.15) is 5.56 Å². The molecule has 0 spiro atoms. The number of rotatable bonds is 6. The maximum atomic E-state index is 11.3. The van der Waals surface area contributed by atoms with E-state index in [1.807, 2.05) is 18.5 Å². The van der Waals surface area contributed by atoms with Gasteiger partial charge in [-0.15, -0.1) is 0 Å². The van der Waals surface area contributed by atoms with Crippen LogP contribution in [0.3, 0.4) is 0 Å². The van der Waals surface area contributed by atoms with E-state index < -0.39 is 5.97 Å². The third-order valence-corrected chi connectivity index (χ3v) is 2.93. The second kappa shape index (κ2) is 5.84. The van der Waals surface area contributed by atoms with Crippen LogP contribution in [0.1, 0.15) is 55.9 Å². The molecule has 1 heterocycles. The van der Waals surface area contributed by atoms with E-state index >= 15 is 0 Å². The summed E-state index contributed by atoms with van der Waals surface area (Å²) >= 11 is 0. The smallest absolute Gasteiger partial charge is 0.339 e. The average molecular weight is 238 g/mol. The predicted molar refractivity (Wildman–Crippen MR) is 67.4 cm³/mol. The summed E-state index contributed by atoms with van der Waals surface area (Å²) in [7, 11) is 0. The van der Waals surface area contributed by atoms with Crippen LogP contribution >= 0.6 is 0 Å². The third-order valence-electron chi connectivity index (χ3n) is 2.93. The highest BCUT2D eigenvalue weighted by molar-refractivity contribution is 5.90. The molecular weight excluding hydrogens is 216 g/mol. The number of nitrogens with zero attached hydrogens (tertiary/aromatic N) is 2. The highest BCUT2D eigenvalue weighted by Gasteiger charge is 2.20. The molecule has 0 atom stereocenters. The topological polar surface area (TPSA) is 55.1 Å². The Morgan fingerprint density at radius 1 is 1.35 bits per heavy atom. The van der Waals surface area contributed by atoms with Gasteiger partial charge in [-0.05, 0) is 25.2 Å². The Morgan fingerprint density at radius 2 is 2.00 bits per heavy atom. The lowest BCUT2D eigenvalue weighted by atomic mass is 10.1. The number of hydrogen-bond acceptors (Lipinski definition) is 2. The molecule has 0 aliphatic heterocycles. The minimum Gasteiger partial charge on any atom is -0.478 e. The van der Waals surface area contributed by atoms with E-state index in [0.717, 1.165) is 18.7 Å². The molecule has 0 saturated heterocycles. The van der Waals surface area contributed by atoms with E-state index in [9.17, 15) is 9.90 Å². The fourth-order valence-electron chi connectivity index (χ4n) is 1.97. The quantitative estimate of drug-likeness (QED) is 0.829. The minimum atomic E-state index is -0.852. The molecule has 0 aromatic carbocycles. The van der Waals surface area contributed by atoms with Gasteiger partial charge in [-0.25, -0.2) is 4.79 Å². The number of hydrogen-bond donors (Lipinski definition) is 1. The lowest BCUT2D eigenvalue weighted by molar-refractivity contribution is 0.0694. The van der Waals surface area contributed by atoms with Crippen LogP contribution in [0.2, 0.25) is 0 Å². The van der Waals surface area contributed by atoms with E-state index in [4.69, 9.17) is 0 Å². The van der Waals surface area contributed by atoms with E-state index in [1.54, 1.807) is 0 Å². The highest BCUT2D eigenvalue weighted by atomic mass is 16.4. The molecule has 1 aromatic rings.